The molecule has 1 aromatic carbocycles. The summed E-state index contributed by atoms with van der Waals surface area (Å²) in [6.45, 7) is 5.23. The third kappa shape index (κ3) is 12.5. The van der Waals surface area contributed by atoms with Gasteiger partial charge in [0, 0.05) is 6.54 Å². The third-order valence-corrected chi connectivity index (χ3v) is 3.62. The van der Waals surface area contributed by atoms with Gasteiger partial charge in [0.2, 0.25) is 0 Å². The van der Waals surface area contributed by atoms with Gasteiger partial charge in [-0.3, -0.25) is 4.79 Å². The van der Waals surface area contributed by atoms with E-state index in [1.165, 1.54) is 18.2 Å². The molecule has 0 aliphatic carbocycles. The van der Waals surface area contributed by atoms with Gasteiger partial charge in [0.15, 0.2) is 6.29 Å². The Kier molecular flexibility index (Phi) is 15.4. The first kappa shape index (κ1) is 26.0. The minimum Gasteiger partial charge on any atom is -0.490 e. The number of aldehydes is 1. The summed E-state index contributed by atoms with van der Waals surface area (Å²) in [6.07, 6.45) is 0.613. The van der Waals surface area contributed by atoms with Crippen LogP contribution in [0.5, 0.6) is 5.75 Å². The summed E-state index contributed by atoms with van der Waals surface area (Å²) in [4.78, 5) is 22.0. The average Bonchev–Trinajstić information content (AvgIpc) is 2.75. The highest BCUT2D eigenvalue weighted by atomic mass is 16.6. The summed E-state index contributed by atoms with van der Waals surface area (Å²) in [6, 6.07) is 4.08. The number of carbonyl (C=O) groups is 2. The maximum atomic E-state index is 11.0. The zero-order chi connectivity index (χ0) is 21.9. The number of nitrogens with two attached hydrogens (primary N) is 1. The van der Waals surface area contributed by atoms with Gasteiger partial charge in [-0.25, -0.2) is 4.79 Å². The van der Waals surface area contributed by atoms with Gasteiger partial charge in [-0.05, 0) is 18.2 Å². The van der Waals surface area contributed by atoms with Crippen molar-refractivity contribution in [2.75, 3.05) is 79.2 Å². The zero-order valence-corrected chi connectivity index (χ0v) is 17.1. The fraction of sp³-hybridized carbons (Fsp3) is 0.600. The van der Waals surface area contributed by atoms with Crippen LogP contribution in [-0.4, -0.2) is 96.6 Å². The molecule has 0 saturated carbocycles. The number of hydrogen-bond donors (Lipinski definition) is 2. The molecule has 0 bridgehead atoms. The predicted molar refractivity (Wildman–Crippen MR) is 107 cm³/mol. The van der Waals surface area contributed by atoms with Crippen molar-refractivity contribution in [1.82, 2.24) is 0 Å². The number of hydrogen-bond acceptors (Lipinski definition) is 9. The lowest BCUT2D eigenvalue weighted by atomic mass is 10.1. The van der Waals surface area contributed by atoms with E-state index in [1.807, 2.05) is 0 Å². The maximum absolute atomic E-state index is 11.0. The van der Waals surface area contributed by atoms with E-state index in [2.05, 4.69) is 0 Å². The van der Waals surface area contributed by atoms with Gasteiger partial charge < -0.3 is 39.3 Å². The van der Waals surface area contributed by atoms with E-state index in [4.69, 9.17) is 39.3 Å². The van der Waals surface area contributed by atoms with E-state index < -0.39 is 5.97 Å². The summed E-state index contributed by atoms with van der Waals surface area (Å²) >= 11 is 0. The van der Waals surface area contributed by atoms with E-state index in [0.29, 0.717) is 72.3 Å². The van der Waals surface area contributed by atoms with Crippen LogP contribution >= 0.6 is 0 Å². The molecule has 0 aromatic heterocycles. The highest BCUT2D eigenvalue weighted by Gasteiger charge is 2.09. The Morgan fingerprint density at radius 3 is 1.70 bits per heavy atom. The van der Waals surface area contributed by atoms with E-state index in [0.717, 1.165) is 0 Å². The molecule has 0 unspecified atom stereocenters. The molecule has 0 heterocycles. The number of carbonyl (C=O) groups excluding carboxylic acids is 1. The highest BCUT2D eigenvalue weighted by Crippen LogP contribution is 2.19. The van der Waals surface area contributed by atoms with Crippen molar-refractivity contribution in [3.63, 3.8) is 0 Å². The van der Waals surface area contributed by atoms with Crippen LogP contribution in [0.1, 0.15) is 20.7 Å². The van der Waals surface area contributed by atoms with Crippen molar-refractivity contribution in [3.05, 3.63) is 29.3 Å². The molecule has 0 fully saturated rings. The second kappa shape index (κ2) is 17.8. The van der Waals surface area contributed by atoms with E-state index >= 15 is 0 Å². The minimum atomic E-state index is -1.09. The van der Waals surface area contributed by atoms with Gasteiger partial charge >= 0.3 is 5.97 Å². The van der Waals surface area contributed by atoms with E-state index in [1.54, 1.807) is 0 Å². The summed E-state index contributed by atoms with van der Waals surface area (Å²) < 4.78 is 32.0. The summed E-state index contributed by atoms with van der Waals surface area (Å²) in [5.74, 6) is -0.871. The molecule has 0 aliphatic heterocycles. The lowest BCUT2D eigenvalue weighted by molar-refractivity contribution is -0.0122. The van der Waals surface area contributed by atoms with Crippen LogP contribution in [0.15, 0.2) is 18.2 Å². The number of ether oxygens (including phenoxy) is 6. The highest BCUT2D eigenvalue weighted by molar-refractivity contribution is 5.90. The first-order valence-electron chi connectivity index (χ1n) is 9.73. The van der Waals surface area contributed by atoms with Gasteiger partial charge in [-0.1, -0.05) is 0 Å². The lowest BCUT2D eigenvalue weighted by Crippen LogP contribution is -2.15. The summed E-state index contributed by atoms with van der Waals surface area (Å²) in [7, 11) is 0. The molecule has 3 N–H and O–H groups in total. The van der Waals surface area contributed by atoms with Crippen LogP contribution in [0.25, 0.3) is 0 Å². The molecular weight excluding hydrogens is 398 g/mol. The number of benzene rings is 1. The zero-order valence-electron chi connectivity index (χ0n) is 17.1. The molecule has 10 heteroatoms. The second-order valence-corrected chi connectivity index (χ2v) is 5.87. The molecule has 0 amide bonds. The first-order chi connectivity index (χ1) is 14.7. The van der Waals surface area contributed by atoms with Gasteiger partial charge in [-0.2, -0.15) is 0 Å². The number of carboxylic acids is 1. The molecule has 10 nitrogen and oxygen atoms in total. The molecule has 0 radical (unpaired) electrons. The quantitative estimate of drug-likeness (QED) is 0.224. The van der Waals surface area contributed by atoms with Crippen molar-refractivity contribution in [2.45, 2.75) is 0 Å². The van der Waals surface area contributed by atoms with Crippen molar-refractivity contribution in [3.8, 4) is 5.75 Å². The standard InChI is InChI=1S/C20H31NO9/c21-3-4-25-5-6-26-7-8-27-9-10-28-11-12-29-13-14-30-19-15-17(20(23)24)1-2-18(19)16-22/h1-2,15-16H,3-14,21H2,(H,23,24). The van der Waals surface area contributed by atoms with Crippen LogP contribution in [0.2, 0.25) is 0 Å². The van der Waals surface area contributed by atoms with Gasteiger partial charge in [0.25, 0.3) is 0 Å². The van der Waals surface area contributed by atoms with Crippen molar-refractivity contribution in [1.29, 1.82) is 0 Å². The Bertz CT molecular complexity index is 598. The molecule has 0 spiro atoms. The first-order valence-corrected chi connectivity index (χ1v) is 9.73. The van der Waals surface area contributed by atoms with Crippen LogP contribution in [0, 0.1) is 0 Å². The largest absolute Gasteiger partial charge is 0.490 e. The smallest absolute Gasteiger partial charge is 0.335 e. The fourth-order valence-corrected chi connectivity index (χ4v) is 2.17. The number of aromatic carboxylic acids is 1. The van der Waals surface area contributed by atoms with E-state index in [9.17, 15) is 9.59 Å². The molecule has 0 atom stereocenters. The van der Waals surface area contributed by atoms with Crippen molar-refractivity contribution < 1.29 is 43.1 Å². The number of carboxylic acid groups (broad SMARTS) is 1. The van der Waals surface area contributed by atoms with Crippen LogP contribution < -0.4 is 10.5 Å². The fourth-order valence-electron chi connectivity index (χ4n) is 2.17. The molecule has 170 valence electrons. The summed E-state index contributed by atoms with van der Waals surface area (Å²) in [5, 5.41) is 8.99. The average molecular weight is 429 g/mol. The molecule has 1 aromatic rings. The monoisotopic (exact) mass is 429 g/mol. The van der Waals surface area contributed by atoms with Crippen LogP contribution in [0.4, 0.5) is 0 Å². The van der Waals surface area contributed by atoms with E-state index in [-0.39, 0.29) is 30.1 Å². The van der Waals surface area contributed by atoms with Gasteiger partial charge in [0.05, 0.1) is 77.2 Å². The van der Waals surface area contributed by atoms with Gasteiger partial charge in [-0.15, -0.1) is 0 Å². The molecular formula is C20H31NO9. The third-order valence-electron chi connectivity index (χ3n) is 3.62. The second-order valence-electron chi connectivity index (χ2n) is 5.87. The van der Waals surface area contributed by atoms with Crippen LogP contribution in [0.3, 0.4) is 0 Å². The topological polar surface area (TPSA) is 136 Å². The Balaban J connectivity index is 1.93. The van der Waals surface area contributed by atoms with Crippen molar-refractivity contribution in [2.24, 2.45) is 5.73 Å². The molecule has 0 aliphatic rings. The Hall–Kier alpha value is -2.08. The maximum Gasteiger partial charge on any atom is 0.335 e. The minimum absolute atomic E-state index is 0.0511. The molecule has 1 rings (SSSR count). The Labute approximate surface area is 176 Å². The Morgan fingerprint density at radius 1 is 0.800 bits per heavy atom. The van der Waals surface area contributed by atoms with Crippen LogP contribution in [-0.2, 0) is 23.7 Å². The Morgan fingerprint density at radius 2 is 1.27 bits per heavy atom. The molecule has 30 heavy (non-hydrogen) atoms. The lowest BCUT2D eigenvalue weighted by Gasteiger charge is -2.10. The predicted octanol–water partition coefficient (Wildman–Crippen LogP) is 0.618. The number of rotatable bonds is 20. The SMILES string of the molecule is NCCOCCOCCOCCOCCOCCOc1cc(C(=O)O)ccc1C=O. The molecule has 0 saturated heterocycles. The normalized spacial score (nSPS) is 10.8. The van der Waals surface area contributed by atoms with Crippen molar-refractivity contribution >= 4 is 12.3 Å². The van der Waals surface area contributed by atoms with Gasteiger partial charge in [0.1, 0.15) is 12.4 Å². The summed E-state index contributed by atoms with van der Waals surface area (Å²) in [5.41, 5.74) is 5.63.